The number of nitrogens with one attached hydrogen (secondary N) is 1. The van der Waals surface area contributed by atoms with Gasteiger partial charge in [-0.15, -0.1) is 0 Å². The van der Waals surface area contributed by atoms with Crippen LogP contribution in [0.5, 0.6) is 0 Å². The van der Waals surface area contributed by atoms with Gasteiger partial charge in [-0.25, -0.2) is 4.39 Å². The monoisotopic (exact) mass is 269 g/mol. The second kappa shape index (κ2) is 7.21. The van der Waals surface area contributed by atoms with Crippen molar-refractivity contribution in [3.8, 4) is 0 Å². The van der Waals surface area contributed by atoms with Crippen molar-refractivity contribution < 1.29 is 19.4 Å². The number of rotatable bonds is 7. The van der Waals surface area contributed by atoms with Gasteiger partial charge < -0.3 is 15.5 Å². The summed E-state index contributed by atoms with van der Waals surface area (Å²) < 4.78 is 12.8. The highest BCUT2D eigenvalue weighted by Gasteiger charge is 2.23. The zero-order chi connectivity index (χ0) is 14.4. The molecule has 1 aromatic rings. The van der Waals surface area contributed by atoms with Crippen LogP contribution in [-0.2, 0) is 4.79 Å². The number of aliphatic hydroxyl groups is 1. The van der Waals surface area contributed by atoms with E-state index in [2.05, 4.69) is 5.32 Å². The van der Waals surface area contributed by atoms with Gasteiger partial charge in [0.2, 0.25) is 0 Å². The molecule has 2 unspecified atom stereocenters. The maximum Gasteiger partial charge on any atom is 0.305 e. The van der Waals surface area contributed by atoms with E-state index >= 15 is 0 Å². The van der Waals surface area contributed by atoms with E-state index in [-0.39, 0.29) is 12.2 Å². The number of hydrogen-bond acceptors (Lipinski definition) is 3. The molecule has 0 spiro atoms. The fourth-order valence-corrected chi connectivity index (χ4v) is 1.76. The third-order valence-electron chi connectivity index (χ3n) is 2.78. The molecule has 0 aliphatic carbocycles. The molecule has 0 saturated heterocycles. The van der Waals surface area contributed by atoms with Crippen molar-refractivity contribution in [2.75, 3.05) is 6.54 Å². The van der Waals surface area contributed by atoms with E-state index in [1.165, 1.54) is 24.3 Å². The van der Waals surface area contributed by atoms with Crippen molar-refractivity contribution >= 4 is 5.97 Å². The Balaban J connectivity index is 2.77. The summed E-state index contributed by atoms with van der Waals surface area (Å²) in [4.78, 5) is 10.8. The van der Waals surface area contributed by atoms with Gasteiger partial charge in [-0.3, -0.25) is 4.79 Å². The zero-order valence-electron chi connectivity index (χ0n) is 11.1. The minimum absolute atomic E-state index is 0.189. The summed E-state index contributed by atoms with van der Waals surface area (Å²) in [6, 6.07) is 4.83. The zero-order valence-corrected chi connectivity index (χ0v) is 11.1. The lowest BCUT2D eigenvalue weighted by molar-refractivity contribution is -0.138. The van der Waals surface area contributed by atoms with Crippen LogP contribution in [0.3, 0.4) is 0 Å². The van der Waals surface area contributed by atoms with Crippen LogP contribution < -0.4 is 5.32 Å². The van der Waals surface area contributed by atoms with Crippen molar-refractivity contribution in [3.63, 3.8) is 0 Å². The molecule has 4 nitrogen and oxygen atoms in total. The summed E-state index contributed by atoms with van der Waals surface area (Å²) in [6.07, 6.45) is -1.17. The van der Waals surface area contributed by atoms with Crippen LogP contribution in [0.15, 0.2) is 24.3 Å². The minimum Gasteiger partial charge on any atom is -0.481 e. The number of aliphatic carboxylic acids is 1. The maximum atomic E-state index is 12.8. The quantitative estimate of drug-likeness (QED) is 0.707. The largest absolute Gasteiger partial charge is 0.481 e. The molecular formula is C14H20FNO3. The molecule has 1 rings (SSSR count). The third-order valence-corrected chi connectivity index (χ3v) is 2.78. The lowest BCUT2D eigenvalue weighted by atomic mass is 9.99. The Kier molecular flexibility index (Phi) is 5.92. The fourth-order valence-electron chi connectivity index (χ4n) is 1.76. The van der Waals surface area contributed by atoms with Gasteiger partial charge in [0.15, 0.2) is 0 Å². The molecule has 106 valence electrons. The molecule has 5 heteroatoms. The van der Waals surface area contributed by atoms with E-state index in [9.17, 15) is 14.3 Å². The Morgan fingerprint density at radius 1 is 1.32 bits per heavy atom. The minimum atomic E-state index is -0.984. The Morgan fingerprint density at radius 3 is 2.37 bits per heavy atom. The molecule has 0 amide bonds. The standard InChI is InChI=1S/C14H20FNO3/c1-9(2)8-16-12(7-13(17)18)14(19)10-3-5-11(15)6-4-10/h3-6,9,12,14,16,19H,7-8H2,1-2H3,(H,17,18). The van der Waals surface area contributed by atoms with Crippen LogP contribution in [0.25, 0.3) is 0 Å². The normalized spacial score (nSPS) is 14.4. The van der Waals surface area contributed by atoms with Gasteiger partial charge in [-0.2, -0.15) is 0 Å². The number of carboxylic acids is 1. The number of hydrogen-bond donors (Lipinski definition) is 3. The van der Waals surface area contributed by atoms with Crippen molar-refractivity contribution in [2.45, 2.75) is 32.4 Å². The highest BCUT2D eigenvalue weighted by molar-refractivity contribution is 5.67. The number of halogens is 1. The van der Waals surface area contributed by atoms with Crippen LogP contribution in [0, 0.1) is 11.7 Å². The molecule has 0 fully saturated rings. The molecule has 2 atom stereocenters. The smallest absolute Gasteiger partial charge is 0.305 e. The molecule has 0 radical (unpaired) electrons. The number of benzene rings is 1. The topological polar surface area (TPSA) is 69.6 Å². The summed E-state index contributed by atoms with van der Waals surface area (Å²) in [5.41, 5.74) is 0.504. The number of carbonyl (C=O) groups is 1. The van der Waals surface area contributed by atoms with Crippen LogP contribution >= 0.6 is 0 Å². The molecule has 0 heterocycles. The highest BCUT2D eigenvalue weighted by Crippen LogP contribution is 2.19. The van der Waals surface area contributed by atoms with Crippen LogP contribution in [0.2, 0.25) is 0 Å². The number of carboxylic acid groups (broad SMARTS) is 1. The summed E-state index contributed by atoms with van der Waals surface area (Å²) in [6.45, 7) is 4.60. The van der Waals surface area contributed by atoms with E-state index in [1.807, 2.05) is 13.8 Å². The first-order valence-corrected chi connectivity index (χ1v) is 6.29. The molecule has 0 saturated carbocycles. The van der Waals surface area contributed by atoms with Crippen LogP contribution in [-0.4, -0.2) is 28.8 Å². The maximum absolute atomic E-state index is 12.8. The van der Waals surface area contributed by atoms with Crippen LogP contribution in [0.1, 0.15) is 31.9 Å². The van der Waals surface area contributed by atoms with E-state index in [0.29, 0.717) is 18.0 Å². The Bertz CT molecular complexity index is 406. The SMILES string of the molecule is CC(C)CNC(CC(=O)O)C(O)c1ccc(F)cc1. The molecule has 0 aliphatic heterocycles. The first-order chi connectivity index (χ1) is 8.90. The van der Waals surface area contributed by atoms with Gasteiger partial charge in [-0.05, 0) is 30.2 Å². The molecule has 0 aromatic heterocycles. The van der Waals surface area contributed by atoms with E-state index in [0.717, 1.165) is 0 Å². The summed E-state index contributed by atoms with van der Waals surface area (Å²) in [5, 5.41) is 22.1. The Morgan fingerprint density at radius 2 is 1.89 bits per heavy atom. The van der Waals surface area contributed by atoms with Crippen molar-refractivity contribution in [2.24, 2.45) is 5.92 Å². The van der Waals surface area contributed by atoms with Gasteiger partial charge in [-0.1, -0.05) is 26.0 Å². The molecule has 1 aromatic carbocycles. The lowest BCUT2D eigenvalue weighted by Crippen LogP contribution is -2.38. The summed E-state index contributed by atoms with van der Waals surface area (Å²) in [7, 11) is 0. The Hall–Kier alpha value is -1.46. The number of aliphatic hydroxyl groups excluding tert-OH is 1. The molecule has 19 heavy (non-hydrogen) atoms. The molecule has 0 bridgehead atoms. The predicted octanol–water partition coefficient (Wildman–Crippen LogP) is 1.95. The predicted molar refractivity (Wildman–Crippen MR) is 70.2 cm³/mol. The van der Waals surface area contributed by atoms with E-state index < -0.39 is 18.1 Å². The van der Waals surface area contributed by atoms with Gasteiger partial charge in [0.25, 0.3) is 0 Å². The summed E-state index contributed by atoms with van der Waals surface area (Å²) in [5.74, 6) is -1.03. The van der Waals surface area contributed by atoms with Gasteiger partial charge in [0.1, 0.15) is 5.82 Å². The second-order valence-electron chi connectivity index (χ2n) is 5.00. The average molecular weight is 269 g/mol. The van der Waals surface area contributed by atoms with Crippen molar-refractivity contribution in [1.82, 2.24) is 5.32 Å². The first kappa shape index (κ1) is 15.6. The fraction of sp³-hybridized carbons (Fsp3) is 0.500. The van der Waals surface area contributed by atoms with Crippen molar-refractivity contribution in [1.29, 1.82) is 0 Å². The molecule has 3 N–H and O–H groups in total. The molecule has 0 aliphatic rings. The van der Waals surface area contributed by atoms with Crippen LogP contribution in [0.4, 0.5) is 4.39 Å². The molecular weight excluding hydrogens is 249 g/mol. The van der Waals surface area contributed by atoms with Crippen molar-refractivity contribution in [3.05, 3.63) is 35.6 Å². The van der Waals surface area contributed by atoms with Gasteiger partial charge in [0, 0.05) is 6.04 Å². The summed E-state index contributed by atoms with van der Waals surface area (Å²) >= 11 is 0. The van der Waals surface area contributed by atoms with Gasteiger partial charge in [0.05, 0.1) is 12.5 Å². The van der Waals surface area contributed by atoms with E-state index in [4.69, 9.17) is 5.11 Å². The lowest BCUT2D eigenvalue weighted by Gasteiger charge is -2.24. The third kappa shape index (κ3) is 5.36. The van der Waals surface area contributed by atoms with E-state index in [1.54, 1.807) is 0 Å². The Labute approximate surface area is 112 Å². The van der Waals surface area contributed by atoms with Gasteiger partial charge >= 0.3 is 5.97 Å². The average Bonchev–Trinajstić information content (AvgIpc) is 2.34. The highest BCUT2D eigenvalue weighted by atomic mass is 19.1. The first-order valence-electron chi connectivity index (χ1n) is 6.29. The second-order valence-corrected chi connectivity index (χ2v) is 5.00.